The first-order chi connectivity index (χ1) is 13.5. The van der Waals surface area contributed by atoms with Gasteiger partial charge in [0, 0.05) is 18.8 Å². The highest BCUT2D eigenvalue weighted by molar-refractivity contribution is 7.92. The lowest BCUT2D eigenvalue weighted by Gasteiger charge is -2.20. The largest absolute Gasteiger partial charge is 0.482 e. The number of carbonyl (C=O) groups is 1. The van der Waals surface area contributed by atoms with Crippen LogP contribution in [-0.2, 0) is 14.8 Å². The third-order valence-electron chi connectivity index (χ3n) is 4.55. The summed E-state index contributed by atoms with van der Waals surface area (Å²) >= 11 is 6.19. The number of amides is 1. The van der Waals surface area contributed by atoms with E-state index < -0.39 is 10.0 Å². The Bertz CT molecular complexity index is 911. The molecule has 0 saturated carbocycles. The molecule has 1 saturated heterocycles. The smallest absolute Gasteiger partial charge is 0.261 e. The van der Waals surface area contributed by atoms with Crippen molar-refractivity contribution in [2.45, 2.75) is 30.6 Å². The van der Waals surface area contributed by atoms with Crippen LogP contribution >= 0.6 is 11.6 Å². The molecule has 2 aromatic carbocycles. The number of para-hydroxylation sites is 1. The summed E-state index contributed by atoms with van der Waals surface area (Å²) in [7, 11) is -3.77. The van der Waals surface area contributed by atoms with Gasteiger partial charge < -0.3 is 9.64 Å². The lowest BCUT2D eigenvalue weighted by Crippen LogP contribution is -2.35. The molecule has 1 fully saturated rings. The Balaban J connectivity index is 1.64. The quantitative estimate of drug-likeness (QED) is 0.765. The molecule has 0 radical (unpaired) electrons. The van der Waals surface area contributed by atoms with E-state index in [-0.39, 0.29) is 28.2 Å². The average Bonchev–Trinajstić information content (AvgIpc) is 2.97. The molecule has 28 heavy (non-hydrogen) atoms. The summed E-state index contributed by atoms with van der Waals surface area (Å²) in [5.74, 6) is 0.198. The highest BCUT2D eigenvalue weighted by atomic mass is 35.5. The Labute approximate surface area is 170 Å². The molecular weight excluding hydrogens is 400 g/mol. The first-order valence-corrected chi connectivity index (χ1v) is 11.1. The van der Waals surface area contributed by atoms with Gasteiger partial charge in [0.2, 0.25) is 0 Å². The van der Waals surface area contributed by atoms with Crippen LogP contribution in [0.2, 0.25) is 5.02 Å². The number of nitrogens with zero attached hydrogens (tertiary/aromatic N) is 1. The van der Waals surface area contributed by atoms with Gasteiger partial charge in [0.25, 0.3) is 15.9 Å². The monoisotopic (exact) mass is 422 g/mol. The summed E-state index contributed by atoms with van der Waals surface area (Å²) in [5.41, 5.74) is 0.460. The minimum Gasteiger partial charge on any atom is -0.482 e. The molecule has 1 heterocycles. The van der Waals surface area contributed by atoms with Gasteiger partial charge in [-0.15, -0.1) is 0 Å². The molecule has 6 nitrogen and oxygen atoms in total. The second-order valence-electron chi connectivity index (χ2n) is 6.65. The van der Waals surface area contributed by atoms with E-state index in [9.17, 15) is 13.2 Å². The van der Waals surface area contributed by atoms with Crippen molar-refractivity contribution >= 4 is 33.2 Å². The Morgan fingerprint density at radius 3 is 2.36 bits per heavy atom. The molecule has 1 N–H and O–H groups in total. The van der Waals surface area contributed by atoms with E-state index in [1.54, 1.807) is 30.3 Å². The van der Waals surface area contributed by atoms with Gasteiger partial charge in [0.15, 0.2) is 6.61 Å². The fourth-order valence-corrected chi connectivity index (χ4v) is 4.42. The minimum atomic E-state index is -3.77. The maximum atomic E-state index is 12.5. The highest BCUT2D eigenvalue weighted by Crippen LogP contribution is 2.28. The van der Waals surface area contributed by atoms with Gasteiger partial charge in [-0.2, -0.15) is 0 Å². The molecule has 8 heteroatoms. The summed E-state index contributed by atoms with van der Waals surface area (Å²) < 4.78 is 33.0. The van der Waals surface area contributed by atoms with Crippen molar-refractivity contribution in [1.29, 1.82) is 0 Å². The number of hydrogen-bond acceptors (Lipinski definition) is 4. The maximum absolute atomic E-state index is 12.5. The molecular formula is C20H23ClN2O4S. The van der Waals surface area contributed by atoms with E-state index in [0.717, 1.165) is 38.8 Å². The molecule has 1 aliphatic heterocycles. The van der Waals surface area contributed by atoms with Crippen molar-refractivity contribution in [2.24, 2.45) is 0 Å². The van der Waals surface area contributed by atoms with Gasteiger partial charge in [-0.1, -0.05) is 42.6 Å². The molecule has 0 aromatic heterocycles. The Morgan fingerprint density at radius 2 is 1.71 bits per heavy atom. The standard InChI is InChI=1S/C20H23ClN2O4S/c21-18-14-17(28(25,26)22-16-8-4-3-5-9-16)10-11-19(18)27-15-20(24)23-12-6-1-2-7-13-23/h3-5,8-11,14,22H,1-2,6-7,12-13,15H2. The van der Waals surface area contributed by atoms with Gasteiger partial charge >= 0.3 is 0 Å². The lowest BCUT2D eigenvalue weighted by molar-refractivity contribution is -0.133. The Kier molecular flexibility index (Phi) is 6.80. The van der Waals surface area contributed by atoms with Gasteiger partial charge in [0.05, 0.1) is 9.92 Å². The van der Waals surface area contributed by atoms with Gasteiger partial charge in [-0.05, 0) is 43.2 Å². The van der Waals surface area contributed by atoms with E-state index >= 15 is 0 Å². The van der Waals surface area contributed by atoms with Crippen molar-refractivity contribution in [3.63, 3.8) is 0 Å². The van der Waals surface area contributed by atoms with E-state index in [4.69, 9.17) is 16.3 Å². The average molecular weight is 423 g/mol. The van der Waals surface area contributed by atoms with Gasteiger partial charge in [-0.3, -0.25) is 9.52 Å². The third kappa shape index (κ3) is 5.39. The number of rotatable bonds is 6. The number of anilines is 1. The number of benzene rings is 2. The molecule has 2 aromatic rings. The molecule has 0 unspecified atom stereocenters. The fraction of sp³-hybridized carbons (Fsp3) is 0.350. The maximum Gasteiger partial charge on any atom is 0.261 e. The van der Waals surface area contributed by atoms with Crippen molar-refractivity contribution < 1.29 is 17.9 Å². The van der Waals surface area contributed by atoms with E-state index in [1.807, 2.05) is 4.90 Å². The van der Waals surface area contributed by atoms with Crippen LogP contribution in [0.4, 0.5) is 5.69 Å². The van der Waals surface area contributed by atoms with Gasteiger partial charge in [0.1, 0.15) is 5.75 Å². The first-order valence-electron chi connectivity index (χ1n) is 9.24. The van der Waals surface area contributed by atoms with Crippen molar-refractivity contribution in [1.82, 2.24) is 4.90 Å². The SMILES string of the molecule is O=C(COc1ccc(S(=O)(=O)Nc2ccccc2)cc1Cl)N1CCCCCC1. The number of ether oxygens (including phenoxy) is 1. The molecule has 150 valence electrons. The van der Waals surface area contributed by atoms with Crippen LogP contribution in [0, 0.1) is 0 Å². The van der Waals surface area contributed by atoms with Crippen LogP contribution in [0.3, 0.4) is 0 Å². The highest BCUT2D eigenvalue weighted by Gasteiger charge is 2.19. The summed E-state index contributed by atoms with van der Waals surface area (Å²) in [6, 6.07) is 12.8. The van der Waals surface area contributed by atoms with Crippen LogP contribution in [0.1, 0.15) is 25.7 Å². The van der Waals surface area contributed by atoms with E-state index in [0.29, 0.717) is 5.69 Å². The Morgan fingerprint density at radius 1 is 1.04 bits per heavy atom. The zero-order chi connectivity index (χ0) is 20.0. The predicted octanol–water partition coefficient (Wildman–Crippen LogP) is 3.92. The number of hydrogen-bond donors (Lipinski definition) is 1. The second kappa shape index (κ2) is 9.30. The molecule has 0 aliphatic carbocycles. The van der Waals surface area contributed by atoms with E-state index in [2.05, 4.69) is 4.72 Å². The van der Waals surface area contributed by atoms with Gasteiger partial charge in [-0.25, -0.2) is 8.42 Å². The predicted molar refractivity (Wildman–Crippen MR) is 109 cm³/mol. The third-order valence-corrected chi connectivity index (χ3v) is 6.22. The first kappa shape index (κ1) is 20.5. The Hall–Kier alpha value is -2.25. The second-order valence-corrected chi connectivity index (χ2v) is 8.74. The topological polar surface area (TPSA) is 75.7 Å². The number of sulfonamides is 1. The number of carbonyl (C=O) groups excluding carboxylic acids is 1. The summed E-state index contributed by atoms with van der Waals surface area (Å²) in [5, 5.41) is 0.139. The summed E-state index contributed by atoms with van der Waals surface area (Å²) in [6.07, 6.45) is 4.30. The normalized spacial score (nSPS) is 15.0. The minimum absolute atomic E-state index is 0.0209. The zero-order valence-electron chi connectivity index (χ0n) is 15.4. The molecule has 0 atom stereocenters. The van der Waals surface area contributed by atoms with E-state index in [1.165, 1.54) is 18.2 Å². The fourth-order valence-electron chi connectivity index (χ4n) is 3.04. The molecule has 1 aliphatic rings. The van der Waals surface area contributed by atoms with Crippen LogP contribution in [-0.4, -0.2) is 38.9 Å². The van der Waals surface area contributed by atoms with Crippen molar-refractivity contribution in [3.8, 4) is 5.75 Å². The summed E-state index contributed by atoms with van der Waals surface area (Å²) in [6.45, 7) is 1.38. The zero-order valence-corrected chi connectivity index (χ0v) is 17.0. The number of likely N-dealkylation sites (tertiary alicyclic amines) is 1. The van der Waals surface area contributed by atoms with Crippen LogP contribution in [0.15, 0.2) is 53.4 Å². The van der Waals surface area contributed by atoms with Crippen LogP contribution in [0.5, 0.6) is 5.75 Å². The van der Waals surface area contributed by atoms with Crippen molar-refractivity contribution in [2.75, 3.05) is 24.4 Å². The molecule has 1 amide bonds. The molecule has 0 bridgehead atoms. The number of nitrogens with one attached hydrogen (secondary N) is 1. The van der Waals surface area contributed by atoms with Crippen LogP contribution in [0.25, 0.3) is 0 Å². The molecule has 3 rings (SSSR count). The molecule has 0 spiro atoms. The number of halogens is 1. The lowest BCUT2D eigenvalue weighted by atomic mass is 10.2. The summed E-state index contributed by atoms with van der Waals surface area (Å²) in [4.78, 5) is 14.1. The van der Waals surface area contributed by atoms with Crippen LogP contribution < -0.4 is 9.46 Å². The van der Waals surface area contributed by atoms with Crippen molar-refractivity contribution in [3.05, 3.63) is 53.6 Å².